The van der Waals surface area contributed by atoms with Crippen LogP contribution in [0.4, 0.5) is 4.39 Å². The van der Waals surface area contributed by atoms with Gasteiger partial charge in [-0.1, -0.05) is 6.07 Å². The lowest BCUT2D eigenvalue weighted by molar-refractivity contribution is -0.121. The average Bonchev–Trinajstić information content (AvgIpc) is 2.23. The van der Waals surface area contributed by atoms with Crippen molar-refractivity contribution in [3.05, 3.63) is 30.1 Å². The van der Waals surface area contributed by atoms with Gasteiger partial charge in [0.25, 0.3) is 0 Å². The summed E-state index contributed by atoms with van der Waals surface area (Å²) in [7, 11) is 0. The lowest BCUT2D eigenvalue weighted by atomic mass is 10.2. The number of carbonyl (C=O) groups excluding carboxylic acids is 1. The first-order valence-corrected chi connectivity index (χ1v) is 5.48. The fourth-order valence-corrected chi connectivity index (χ4v) is 1.28. The third-order valence-electron chi connectivity index (χ3n) is 2.00. The quantitative estimate of drug-likeness (QED) is 0.774. The number of hydrogen-bond donors (Lipinski definition) is 2. The molecule has 0 saturated carbocycles. The Bertz CT molecular complexity index is 375. The number of benzene rings is 1. The Hall–Kier alpha value is -1.33. The van der Waals surface area contributed by atoms with Gasteiger partial charge in [0.15, 0.2) is 0 Å². The van der Waals surface area contributed by atoms with Crippen molar-refractivity contribution in [2.75, 3.05) is 13.2 Å². The van der Waals surface area contributed by atoms with Crippen LogP contribution in [0.25, 0.3) is 0 Å². The predicted octanol–water partition coefficient (Wildman–Crippen LogP) is 1.48. The Kier molecular flexibility index (Phi) is 8.07. The molecule has 0 aliphatic heterocycles. The zero-order valence-electron chi connectivity index (χ0n) is 10.2. The van der Waals surface area contributed by atoms with Gasteiger partial charge in [0.1, 0.15) is 18.2 Å². The minimum atomic E-state index is -0.344. The van der Waals surface area contributed by atoms with Crippen LogP contribution in [0.5, 0.6) is 5.75 Å². The van der Waals surface area contributed by atoms with Gasteiger partial charge in [0.05, 0.1) is 6.54 Å². The molecule has 0 heterocycles. The van der Waals surface area contributed by atoms with E-state index in [0.717, 1.165) is 0 Å². The van der Waals surface area contributed by atoms with E-state index in [0.29, 0.717) is 25.3 Å². The van der Waals surface area contributed by atoms with Crippen LogP contribution in [0, 0.1) is 5.82 Å². The summed E-state index contributed by atoms with van der Waals surface area (Å²) in [5.41, 5.74) is 5.47. The smallest absolute Gasteiger partial charge is 0.221 e. The number of rotatable bonds is 6. The topological polar surface area (TPSA) is 64.4 Å². The van der Waals surface area contributed by atoms with Crippen LogP contribution in [-0.4, -0.2) is 25.1 Å². The van der Waals surface area contributed by atoms with Gasteiger partial charge in [-0.15, -0.1) is 12.4 Å². The highest BCUT2D eigenvalue weighted by Crippen LogP contribution is 2.11. The summed E-state index contributed by atoms with van der Waals surface area (Å²) < 4.78 is 18.0. The van der Waals surface area contributed by atoms with Crippen LogP contribution in [0.15, 0.2) is 24.3 Å². The van der Waals surface area contributed by atoms with E-state index in [-0.39, 0.29) is 30.2 Å². The van der Waals surface area contributed by atoms with Crippen LogP contribution >= 0.6 is 12.4 Å². The lowest BCUT2D eigenvalue weighted by Crippen LogP contribution is -2.32. The van der Waals surface area contributed by atoms with Crippen LogP contribution in [0.3, 0.4) is 0 Å². The fraction of sp³-hybridized carbons (Fsp3) is 0.417. The summed E-state index contributed by atoms with van der Waals surface area (Å²) in [5.74, 6) is -0.00206. The first-order valence-electron chi connectivity index (χ1n) is 5.48. The highest BCUT2D eigenvalue weighted by Gasteiger charge is 2.03. The van der Waals surface area contributed by atoms with Gasteiger partial charge in [-0.05, 0) is 19.1 Å². The SMILES string of the molecule is CC(N)CC(=O)NCCOc1cccc(F)c1.Cl. The lowest BCUT2D eigenvalue weighted by Gasteiger charge is -2.08. The molecule has 102 valence electrons. The van der Waals surface area contributed by atoms with E-state index in [1.54, 1.807) is 19.1 Å². The number of carbonyl (C=O) groups is 1. The van der Waals surface area contributed by atoms with E-state index >= 15 is 0 Å². The van der Waals surface area contributed by atoms with E-state index in [2.05, 4.69) is 5.32 Å². The number of nitrogens with two attached hydrogens (primary N) is 1. The molecule has 0 aromatic heterocycles. The minimum absolute atomic E-state index is 0. The van der Waals surface area contributed by atoms with Crippen molar-refractivity contribution in [3.8, 4) is 5.75 Å². The van der Waals surface area contributed by atoms with Gasteiger partial charge in [-0.3, -0.25) is 4.79 Å². The van der Waals surface area contributed by atoms with Crippen molar-refractivity contribution in [2.24, 2.45) is 5.73 Å². The molecule has 0 spiro atoms. The van der Waals surface area contributed by atoms with Crippen LogP contribution in [-0.2, 0) is 4.79 Å². The summed E-state index contributed by atoms with van der Waals surface area (Å²) in [5, 5.41) is 2.66. The molecule has 0 aliphatic rings. The van der Waals surface area contributed by atoms with E-state index in [1.807, 2.05) is 0 Å². The second-order valence-electron chi connectivity index (χ2n) is 3.84. The molecule has 1 atom stereocenters. The summed E-state index contributed by atoms with van der Waals surface area (Å²) >= 11 is 0. The zero-order valence-corrected chi connectivity index (χ0v) is 11.0. The maximum Gasteiger partial charge on any atom is 0.221 e. The second-order valence-corrected chi connectivity index (χ2v) is 3.84. The number of halogens is 2. The molecule has 0 radical (unpaired) electrons. The number of ether oxygens (including phenoxy) is 1. The van der Waals surface area contributed by atoms with Crippen molar-refractivity contribution < 1.29 is 13.9 Å². The maximum atomic E-state index is 12.8. The molecule has 0 bridgehead atoms. The predicted molar refractivity (Wildman–Crippen MR) is 70.4 cm³/mol. The normalized spacial score (nSPS) is 11.3. The van der Waals surface area contributed by atoms with Crippen molar-refractivity contribution in [1.29, 1.82) is 0 Å². The molecule has 3 N–H and O–H groups in total. The highest BCUT2D eigenvalue weighted by atomic mass is 35.5. The fourth-order valence-electron chi connectivity index (χ4n) is 1.28. The first-order chi connectivity index (χ1) is 8.08. The molecule has 18 heavy (non-hydrogen) atoms. The van der Waals surface area contributed by atoms with Gasteiger partial charge in [-0.25, -0.2) is 4.39 Å². The number of amides is 1. The molecule has 0 saturated heterocycles. The molecule has 1 unspecified atom stereocenters. The number of nitrogens with one attached hydrogen (secondary N) is 1. The van der Waals surface area contributed by atoms with Gasteiger partial charge >= 0.3 is 0 Å². The van der Waals surface area contributed by atoms with E-state index < -0.39 is 0 Å². The van der Waals surface area contributed by atoms with Gasteiger partial charge in [-0.2, -0.15) is 0 Å². The Morgan fingerprint density at radius 3 is 2.89 bits per heavy atom. The first kappa shape index (κ1) is 16.7. The maximum absolute atomic E-state index is 12.8. The molecular weight excluding hydrogens is 259 g/mol. The van der Waals surface area contributed by atoms with Crippen LogP contribution in [0.1, 0.15) is 13.3 Å². The zero-order chi connectivity index (χ0) is 12.7. The van der Waals surface area contributed by atoms with Crippen molar-refractivity contribution >= 4 is 18.3 Å². The molecule has 1 aromatic rings. The Balaban J connectivity index is 0.00000289. The van der Waals surface area contributed by atoms with Crippen molar-refractivity contribution in [2.45, 2.75) is 19.4 Å². The monoisotopic (exact) mass is 276 g/mol. The summed E-state index contributed by atoms with van der Waals surface area (Å²) in [4.78, 5) is 11.2. The standard InChI is InChI=1S/C12H17FN2O2.ClH/c1-9(14)7-12(16)15-5-6-17-11-4-2-3-10(13)8-11;/h2-4,8-9H,5-7,14H2,1H3,(H,15,16);1H. The van der Waals surface area contributed by atoms with E-state index in [4.69, 9.17) is 10.5 Å². The number of hydrogen-bond acceptors (Lipinski definition) is 3. The Morgan fingerprint density at radius 1 is 1.56 bits per heavy atom. The van der Waals surface area contributed by atoms with Crippen molar-refractivity contribution in [1.82, 2.24) is 5.32 Å². The van der Waals surface area contributed by atoms with Crippen LogP contribution in [0.2, 0.25) is 0 Å². The molecule has 0 fully saturated rings. The molecule has 4 nitrogen and oxygen atoms in total. The van der Waals surface area contributed by atoms with Gasteiger partial charge in [0.2, 0.25) is 5.91 Å². The van der Waals surface area contributed by atoms with E-state index in [9.17, 15) is 9.18 Å². The molecule has 0 aliphatic carbocycles. The molecule has 1 aromatic carbocycles. The molecule has 6 heteroatoms. The molecule has 1 amide bonds. The van der Waals surface area contributed by atoms with Gasteiger partial charge in [0, 0.05) is 18.5 Å². The largest absolute Gasteiger partial charge is 0.492 e. The summed E-state index contributed by atoms with van der Waals surface area (Å²) in [6.07, 6.45) is 0.292. The summed E-state index contributed by atoms with van der Waals surface area (Å²) in [6.45, 7) is 2.44. The molecule has 1 rings (SSSR count). The average molecular weight is 277 g/mol. The van der Waals surface area contributed by atoms with Crippen molar-refractivity contribution in [3.63, 3.8) is 0 Å². The van der Waals surface area contributed by atoms with Crippen LogP contribution < -0.4 is 15.8 Å². The Labute approximate surface area is 112 Å². The third-order valence-corrected chi connectivity index (χ3v) is 2.00. The second kappa shape index (κ2) is 8.72. The minimum Gasteiger partial charge on any atom is -0.492 e. The highest BCUT2D eigenvalue weighted by molar-refractivity contribution is 5.85. The third kappa shape index (κ3) is 7.09. The van der Waals surface area contributed by atoms with Gasteiger partial charge < -0.3 is 15.8 Å². The summed E-state index contributed by atoms with van der Waals surface area (Å²) in [6, 6.07) is 5.71. The van der Waals surface area contributed by atoms with E-state index in [1.165, 1.54) is 12.1 Å². The Morgan fingerprint density at radius 2 is 2.28 bits per heavy atom. The molecular formula is C12H18ClFN2O2.